The molecule has 0 saturated carbocycles. The third-order valence-corrected chi connectivity index (χ3v) is 5.00. The zero-order chi connectivity index (χ0) is 25.2. The quantitative estimate of drug-likeness (QED) is 0.257. The molecule has 3 aromatic carbocycles. The normalized spacial score (nSPS) is 10.9. The molecule has 0 aliphatic carbocycles. The summed E-state index contributed by atoms with van der Waals surface area (Å²) in [6, 6.07) is 22.4. The molecule has 8 heteroatoms. The SMILES string of the molecule is C/C(CC(=O)Nc1ccc(OCc2ccccc2)cc1)=N\NC(=O)C(=O)Nc1cc(C)ccc1C. The van der Waals surface area contributed by atoms with Crippen LogP contribution < -0.4 is 20.8 Å². The van der Waals surface area contributed by atoms with Gasteiger partial charge in [-0.15, -0.1) is 0 Å². The molecule has 3 rings (SSSR count). The Hall–Kier alpha value is -4.46. The standard InChI is InChI=1S/C27H28N4O4/c1-18-9-10-19(2)24(15-18)29-26(33)27(34)31-30-20(3)16-25(32)28-22-11-13-23(14-12-22)35-17-21-7-5-4-6-8-21/h4-15H,16-17H2,1-3H3,(H,28,32)(H,29,33)(H,31,34)/b30-20+. The number of ether oxygens (including phenoxy) is 1. The van der Waals surface area contributed by atoms with E-state index in [1.165, 1.54) is 0 Å². The summed E-state index contributed by atoms with van der Waals surface area (Å²) < 4.78 is 5.74. The highest BCUT2D eigenvalue weighted by molar-refractivity contribution is 6.39. The second kappa shape index (κ2) is 12.1. The van der Waals surface area contributed by atoms with Gasteiger partial charge >= 0.3 is 11.8 Å². The molecular weight excluding hydrogens is 444 g/mol. The molecule has 0 fully saturated rings. The fourth-order valence-electron chi connectivity index (χ4n) is 3.10. The van der Waals surface area contributed by atoms with Crippen molar-refractivity contribution in [3.05, 3.63) is 89.5 Å². The lowest BCUT2D eigenvalue weighted by molar-refractivity contribution is -0.136. The van der Waals surface area contributed by atoms with E-state index in [1.807, 2.05) is 56.3 Å². The summed E-state index contributed by atoms with van der Waals surface area (Å²) in [4.78, 5) is 36.5. The third kappa shape index (κ3) is 8.12. The number of rotatable bonds is 8. The first-order chi connectivity index (χ1) is 16.8. The minimum atomic E-state index is -0.920. The first kappa shape index (κ1) is 25.2. The minimum Gasteiger partial charge on any atom is -0.489 e. The summed E-state index contributed by atoms with van der Waals surface area (Å²) in [5.41, 5.74) is 6.55. The molecule has 0 heterocycles. The summed E-state index contributed by atoms with van der Waals surface area (Å²) in [6.07, 6.45) is -0.0505. The topological polar surface area (TPSA) is 109 Å². The van der Waals surface area contributed by atoms with E-state index in [1.54, 1.807) is 37.3 Å². The van der Waals surface area contributed by atoms with Gasteiger partial charge in [-0.1, -0.05) is 42.5 Å². The molecule has 0 saturated heterocycles. The summed E-state index contributed by atoms with van der Waals surface area (Å²) in [5.74, 6) is -1.38. The molecule has 0 radical (unpaired) electrons. The third-order valence-electron chi connectivity index (χ3n) is 5.00. The lowest BCUT2D eigenvalue weighted by Crippen LogP contribution is -2.33. The van der Waals surface area contributed by atoms with Crippen molar-refractivity contribution in [1.82, 2.24) is 5.43 Å². The van der Waals surface area contributed by atoms with E-state index in [9.17, 15) is 14.4 Å². The molecule has 0 aromatic heterocycles. The van der Waals surface area contributed by atoms with Crippen LogP contribution >= 0.6 is 0 Å². The molecule has 0 aliphatic heterocycles. The van der Waals surface area contributed by atoms with Gasteiger partial charge in [0.05, 0.1) is 6.42 Å². The maximum Gasteiger partial charge on any atom is 0.329 e. The predicted octanol–water partition coefficient (Wildman–Crippen LogP) is 4.34. The van der Waals surface area contributed by atoms with Crippen LogP contribution in [0.1, 0.15) is 30.0 Å². The number of benzene rings is 3. The Morgan fingerprint density at radius 3 is 2.29 bits per heavy atom. The average molecular weight is 473 g/mol. The number of anilines is 2. The first-order valence-corrected chi connectivity index (χ1v) is 11.1. The Bertz CT molecular complexity index is 1220. The summed E-state index contributed by atoms with van der Waals surface area (Å²) in [5, 5.41) is 9.17. The number of carbonyl (C=O) groups is 3. The van der Waals surface area contributed by atoms with Crippen molar-refractivity contribution in [1.29, 1.82) is 0 Å². The van der Waals surface area contributed by atoms with Crippen LogP contribution in [0.2, 0.25) is 0 Å². The van der Waals surface area contributed by atoms with Crippen LogP contribution in [0, 0.1) is 13.8 Å². The second-order valence-corrected chi connectivity index (χ2v) is 8.08. The van der Waals surface area contributed by atoms with Gasteiger partial charge in [0.15, 0.2) is 0 Å². The molecule has 8 nitrogen and oxygen atoms in total. The highest BCUT2D eigenvalue weighted by atomic mass is 16.5. The number of hydrazone groups is 1. The van der Waals surface area contributed by atoms with E-state index in [-0.39, 0.29) is 12.3 Å². The van der Waals surface area contributed by atoms with E-state index < -0.39 is 11.8 Å². The second-order valence-electron chi connectivity index (χ2n) is 8.08. The molecule has 0 spiro atoms. The number of nitrogens with zero attached hydrogens (tertiary/aromatic N) is 1. The number of nitrogens with one attached hydrogen (secondary N) is 3. The molecule has 0 aliphatic rings. The Morgan fingerprint density at radius 2 is 1.57 bits per heavy atom. The molecular formula is C27H28N4O4. The predicted molar refractivity (Wildman–Crippen MR) is 136 cm³/mol. The van der Waals surface area contributed by atoms with Crippen LogP contribution in [-0.4, -0.2) is 23.4 Å². The fraction of sp³-hybridized carbons (Fsp3) is 0.185. The van der Waals surface area contributed by atoms with Crippen molar-refractivity contribution in [3.63, 3.8) is 0 Å². The smallest absolute Gasteiger partial charge is 0.329 e. The molecule has 0 atom stereocenters. The molecule has 0 bridgehead atoms. The van der Waals surface area contributed by atoms with Gasteiger partial charge in [-0.05, 0) is 67.8 Å². The minimum absolute atomic E-state index is 0.0505. The van der Waals surface area contributed by atoms with Gasteiger partial charge < -0.3 is 15.4 Å². The largest absolute Gasteiger partial charge is 0.489 e. The van der Waals surface area contributed by atoms with Gasteiger partial charge in [0.2, 0.25) is 5.91 Å². The molecule has 180 valence electrons. The monoisotopic (exact) mass is 472 g/mol. The fourth-order valence-corrected chi connectivity index (χ4v) is 3.10. The van der Waals surface area contributed by atoms with Crippen molar-refractivity contribution < 1.29 is 19.1 Å². The van der Waals surface area contributed by atoms with Crippen LogP contribution in [0.15, 0.2) is 77.9 Å². The van der Waals surface area contributed by atoms with E-state index in [0.717, 1.165) is 16.7 Å². The average Bonchev–Trinajstić information content (AvgIpc) is 2.85. The highest BCUT2D eigenvalue weighted by Gasteiger charge is 2.15. The van der Waals surface area contributed by atoms with Crippen molar-refractivity contribution >= 4 is 34.8 Å². The number of amides is 3. The van der Waals surface area contributed by atoms with Gasteiger partial charge in [0.25, 0.3) is 0 Å². The molecule has 3 amide bonds. The van der Waals surface area contributed by atoms with Crippen molar-refractivity contribution in [2.45, 2.75) is 33.8 Å². The van der Waals surface area contributed by atoms with Crippen molar-refractivity contribution in [2.75, 3.05) is 10.6 Å². The van der Waals surface area contributed by atoms with Crippen molar-refractivity contribution in [3.8, 4) is 5.75 Å². The maximum atomic E-state index is 12.3. The van der Waals surface area contributed by atoms with Crippen LogP contribution in [-0.2, 0) is 21.0 Å². The van der Waals surface area contributed by atoms with Gasteiger partial charge in [-0.2, -0.15) is 5.10 Å². The number of hydrogen-bond acceptors (Lipinski definition) is 5. The van der Waals surface area contributed by atoms with E-state index in [4.69, 9.17) is 4.74 Å². The molecule has 3 aromatic rings. The van der Waals surface area contributed by atoms with E-state index in [2.05, 4.69) is 21.2 Å². The summed E-state index contributed by atoms with van der Waals surface area (Å²) >= 11 is 0. The number of carbonyl (C=O) groups excluding carboxylic acids is 3. The molecule has 3 N–H and O–H groups in total. The Kier molecular flexibility index (Phi) is 8.72. The summed E-state index contributed by atoms with van der Waals surface area (Å²) in [6.45, 7) is 5.76. The van der Waals surface area contributed by atoms with Gasteiger partial charge in [0.1, 0.15) is 12.4 Å². The van der Waals surface area contributed by atoms with Crippen LogP contribution in [0.4, 0.5) is 11.4 Å². The Balaban J connectivity index is 1.44. The van der Waals surface area contributed by atoms with Gasteiger partial charge in [0, 0.05) is 17.1 Å². The molecule has 35 heavy (non-hydrogen) atoms. The Morgan fingerprint density at radius 1 is 0.857 bits per heavy atom. The van der Waals surface area contributed by atoms with Gasteiger partial charge in [-0.25, -0.2) is 5.43 Å². The first-order valence-electron chi connectivity index (χ1n) is 11.1. The molecule has 0 unspecified atom stereocenters. The number of aryl methyl sites for hydroxylation is 2. The van der Waals surface area contributed by atoms with Crippen molar-refractivity contribution in [2.24, 2.45) is 5.10 Å². The zero-order valence-corrected chi connectivity index (χ0v) is 19.9. The van der Waals surface area contributed by atoms with Gasteiger partial charge in [-0.3, -0.25) is 14.4 Å². The lowest BCUT2D eigenvalue weighted by atomic mass is 10.1. The van der Waals surface area contributed by atoms with Crippen LogP contribution in [0.25, 0.3) is 0 Å². The highest BCUT2D eigenvalue weighted by Crippen LogP contribution is 2.18. The Labute approximate surface area is 204 Å². The van der Waals surface area contributed by atoms with E-state index in [0.29, 0.717) is 29.4 Å². The maximum absolute atomic E-state index is 12.3. The van der Waals surface area contributed by atoms with Crippen LogP contribution in [0.3, 0.4) is 0 Å². The van der Waals surface area contributed by atoms with E-state index >= 15 is 0 Å². The zero-order valence-electron chi connectivity index (χ0n) is 19.9. The summed E-state index contributed by atoms with van der Waals surface area (Å²) in [7, 11) is 0. The number of hydrogen-bond donors (Lipinski definition) is 3. The van der Waals surface area contributed by atoms with Crippen LogP contribution in [0.5, 0.6) is 5.75 Å². The lowest BCUT2D eigenvalue weighted by Gasteiger charge is -2.09.